The lowest BCUT2D eigenvalue weighted by Crippen LogP contribution is -2.22. The van der Waals surface area contributed by atoms with Gasteiger partial charge >= 0.3 is 0 Å². The average Bonchev–Trinajstić information content (AvgIpc) is 2.59. The van der Waals surface area contributed by atoms with Crippen molar-refractivity contribution in [3.63, 3.8) is 0 Å². The van der Waals surface area contributed by atoms with Crippen molar-refractivity contribution in [2.45, 2.75) is 38.8 Å². The summed E-state index contributed by atoms with van der Waals surface area (Å²) < 4.78 is 2.07. The van der Waals surface area contributed by atoms with Gasteiger partial charge in [0, 0.05) is 25.5 Å². The van der Waals surface area contributed by atoms with Crippen LogP contribution in [0.15, 0.2) is 12.4 Å². The van der Waals surface area contributed by atoms with Crippen LogP contribution in [-0.2, 0) is 13.6 Å². The van der Waals surface area contributed by atoms with E-state index in [1.165, 1.54) is 12.8 Å². The topological polar surface area (TPSA) is 47.1 Å². The molecule has 0 amide bonds. The molecule has 0 saturated heterocycles. The molecule has 0 bridgehead atoms. The highest BCUT2D eigenvalue weighted by molar-refractivity contribution is 4.90. The Hall–Kier alpha value is -0.870. The summed E-state index contributed by atoms with van der Waals surface area (Å²) in [5.74, 6) is 1.12. The van der Waals surface area contributed by atoms with E-state index in [0.29, 0.717) is 6.04 Å². The van der Waals surface area contributed by atoms with Crippen LogP contribution in [0.25, 0.3) is 0 Å². The molecule has 1 unspecified atom stereocenters. The highest BCUT2D eigenvalue weighted by Gasteiger charge is 2.04. The van der Waals surface area contributed by atoms with Crippen LogP contribution in [0.3, 0.4) is 0 Å². The maximum Gasteiger partial charge on any atom is 0.122 e. The fraction of sp³-hybridized carbons (Fsp3) is 0.750. The monoisotopic (exact) mass is 224 g/mol. The number of aromatic nitrogens is 2. The summed E-state index contributed by atoms with van der Waals surface area (Å²) in [4.78, 5) is 6.62. The number of hydrogen-bond acceptors (Lipinski definition) is 3. The minimum Gasteiger partial charge on any atom is -0.337 e. The first kappa shape index (κ1) is 13.2. The molecule has 0 aliphatic rings. The Balaban J connectivity index is 2.16. The molecule has 4 heteroatoms. The molecule has 0 aliphatic carbocycles. The lowest BCUT2D eigenvalue weighted by atomic mass is 10.1. The molecule has 2 N–H and O–H groups in total. The Bertz CT molecular complexity index is 293. The molecular weight excluding hydrogens is 200 g/mol. The predicted octanol–water partition coefficient (Wildman–Crippen LogP) is 1.37. The number of aryl methyl sites for hydroxylation is 1. The number of rotatable bonds is 7. The van der Waals surface area contributed by atoms with Gasteiger partial charge in [0.15, 0.2) is 0 Å². The Morgan fingerprint density at radius 1 is 1.50 bits per heavy atom. The first-order valence-electron chi connectivity index (χ1n) is 6.00. The standard InChI is InChI=1S/C12H24N4/c1-11(13)6-4-5-8-15(2)10-12-14-7-9-16(12)3/h7,9,11H,4-6,8,10,13H2,1-3H3. The van der Waals surface area contributed by atoms with Gasteiger partial charge in [-0.3, -0.25) is 4.90 Å². The number of imidazole rings is 1. The normalized spacial score (nSPS) is 13.3. The van der Waals surface area contributed by atoms with Gasteiger partial charge in [-0.2, -0.15) is 0 Å². The van der Waals surface area contributed by atoms with Gasteiger partial charge in [0.1, 0.15) is 5.82 Å². The maximum absolute atomic E-state index is 5.71. The van der Waals surface area contributed by atoms with E-state index >= 15 is 0 Å². The Morgan fingerprint density at radius 2 is 2.25 bits per heavy atom. The summed E-state index contributed by atoms with van der Waals surface area (Å²) in [7, 11) is 4.17. The zero-order valence-corrected chi connectivity index (χ0v) is 10.7. The van der Waals surface area contributed by atoms with Gasteiger partial charge in [0.2, 0.25) is 0 Å². The van der Waals surface area contributed by atoms with Gasteiger partial charge in [-0.1, -0.05) is 6.42 Å². The molecule has 1 rings (SSSR count). The van der Waals surface area contributed by atoms with E-state index in [0.717, 1.165) is 25.3 Å². The lowest BCUT2D eigenvalue weighted by Gasteiger charge is -2.16. The van der Waals surface area contributed by atoms with Gasteiger partial charge in [0.25, 0.3) is 0 Å². The van der Waals surface area contributed by atoms with E-state index < -0.39 is 0 Å². The second-order valence-corrected chi connectivity index (χ2v) is 4.67. The molecule has 92 valence electrons. The van der Waals surface area contributed by atoms with Gasteiger partial charge in [-0.25, -0.2) is 4.98 Å². The van der Waals surface area contributed by atoms with Crippen LogP contribution < -0.4 is 5.73 Å². The van der Waals surface area contributed by atoms with Crippen molar-refractivity contribution in [3.8, 4) is 0 Å². The van der Waals surface area contributed by atoms with E-state index in [2.05, 4.69) is 28.4 Å². The fourth-order valence-electron chi connectivity index (χ4n) is 1.72. The van der Waals surface area contributed by atoms with Crippen molar-refractivity contribution in [1.29, 1.82) is 0 Å². The quantitative estimate of drug-likeness (QED) is 0.712. The molecular formula is C12H24N4. The number of nitrogens with two attached hydrogens (primary N) is 1. The van der Waals surface area contributed by atoms with Crippen LogP contribution in [-0.4, -0.2) is 34.1 Å². The Kier molecular flexibility index (Phi) is 5.49. The highest BCUT2D eigenvalue weighted by atomic mass is 15.1. The maximum atomic E-state index is 5.71. The molecule has 0 spiro atoms. The average molecular weight is 224 g/mol. The summed E-state index contributed by atoms with van der Waals surface area (Å²) in [5, 5.41) is 0. The van der Waals surface area contributed by atoms with Crippen LogP contribution in [0.4, 0.5) is 0 Å². The van der Waals surface area contributed by atoms with Gasteiger partial charge < -0.3 is 10.3 Å². The molecule has 1 heterocycles. The van der Waals surface area contributed by atoms with Crippen molar-refractivity contribution in [2.75, 3.05) is 13.6 Å². The second-order valence-electron chi connectivity index (χ2n) is 4.67. The SMILES string of the molecule is CC(N)CCCCN(C)Cc1nccn1C. The van der Waals surface area contributed by atoms with E-state index in [4.69, 9.17) is 5.73 Å². The minimum absolute atomic E-state index is 0.333. The largest absolute Gasteiger partial charge is 0.337 e. The van der Waals surface area contributed by atoms with E-state index in [9.17, 15) is 0 Å². The molecule has 1 aromatic heterocycles. The summed E-state index contributed by atoms with van der Waals surface area (Å²) in [5.41, 5.74) is 5.71. The van der Waals surface area contributed by atoms with E-state index in [-0.39, 0.29) is 0 Å². The molecule has 1 atom stereocenters. The van der Waals surface area contributed by atoms with Gasteiger partial charge in [-0.15, -0.1) is 0 Å². The fourth-order valence-corrected chi connectivity index (χ4v) is 1.72. The zero-order valence-electron chi connectivity index (χ0n) is 10.7. The highest BCUT2D eigenvalue weighted by Crippen LogP contribution is 2.03. The van der Waals surface area contributed by atoms with Crippen LogP contribution in [0.5, 0.6) is 0 Å². The molecule has 0 fully saturated rings. The smallest absolute Gasteiger partial charge is 0.122 e. The van der Waals surface area contributed by atoms with Crippen molar-refractivity contribution >= 4 is 0 Å². The predicted molar refractivity (Wildman–Crippen MR) is 67.0 cm³/mol. The molecule has 0 radical (unpaired) electrons. The number of nitrogens with zero attached hydrogens (tertiary/aromatic N) is 3. The summed E-state index contributed by atoms with van der Waals surface area (Å²) in [6.45, 7) is 4.10. The second kappa shape index (κ2) is 6.66. The third kappa shape index (κ3) is 4.77. The van der Waals surface area contributed by atoms with Crippen molar-refractivity contribution in [1.82, 2.24) is 14.5 Å². The van der Waals surface area contributed by atoms with Gasteiger partial charge in [-0.05, 0) is 33.4 Å². The lowest BCUT2D eigenvalue weighted by molar-refractivity contribution is 0.305. The number of hydrogen-bond donors (Lipinski definition) is 1. The summed E-state index contributed by atoms with van der Waals surface area (Å²) >= 11 is 0. The molecule has 0 saturated carbocycles. The van der Waals surface area contributed by atoms with Crippen LogP contribution in [0.2, 0.25) is 0 Å². The first-order valence-corrected chi connectivity index (χ1v) is 6.00. The Morgan fingerprint density at radius 3 is 2.81 bits per heavy atom. The van der Waals surface area contributed by atoms with Crippen LogP contribution >= 0.6 is 0 Å². The zero-order chi connectivity index (χ0) is 12.0. The summed E-state index contributed by atoms with van der Waals surface area (Å²) in [6, 6.07) is 0.333. The van der Waals surface area contributed by atoms with Crippen LogP contribution in [0.1, 0.15) is 32.0 Å². The number of unbranched alkanes of at least 4 members (excludes halogenated alkanes) is 1. The molecule has 16 heavy (non-hydrogen) atoms. The molecule has 1 aromatic rings. The third-order valence-corrected chi connectivity index (χ3v) is 2.78. The van der Waals surface area contributed by atoms with E-state index in [1.54, 1.807) is 0 Å². The van der Waals surface area contributed by atoms with Crippen molar-refractivity contribution in [2.24, 2.45) is 12.8 Å². The van der Waals surface area contributed by atoms with Crippen molar-refractivity contribution in [3.05, 3.63) is 18.2 Å². The molecule has 0 aliphatic heterocycles. The van der Waals surface area contributed by atoms with Crippen LogP contribution in [0, 0.1) is 0 Å². The first-order chi connectivity index (χ1) is 7.59. The third-order valence-electron chi connectivity index (χ3n) is 2.78. The summed E-state index contributed by atoms with van der Waals surface area (Å²) in [6.07, 6.45) is 7.37. The van der Waals surface area contributed by atoms with Gasteiger partial charge in [0.05, 0.1) is 6.54 Å². The Labute approximate surface area is 98.5 Å². The van der Waals surface area contributed by atoms with Crippen molar-refractivity contribution < 1.29 is 0 Å². The minimum atomic E-state index is 0.333. The molecule has 0 aromatic carbocycles. The molecule has 4 nitrogen and oxygen atoms in total. The van der Waals surface area contributed by atoms with E-state index in [1.807, 2.05) is 19.4 Å².